The summed E-state index contributed by atoms with van der Waals surface area (Å²) in [6.07, 6.45) is -0.0578. The molecule has 2 atom stereocenters. The highest BCUT2D eigenvalue weighted by Crippen LogP contribution is 2.22. The van der Waals surface area contributed by atoms with Crippen LogP contribution < -0.4 is 0 Å². The largest absolute Gasteiger partial charge is 0.452 e. The van der Waals surface area contributed by atoms with Crippen molar-refractivity contribution >= 4 is 22.9 Å². The molecule has 7 heteroatoms. The summed E-state index contributed by atoms with van der Waals surface area (Å²) >= 11 is 0. The van der Waals surface area contributed by atoms with E-state index in [9.17, 15) is 9.59 Å². The van der Waals surface area contributed by atoms with Crippen LogP contribution in [0.3, 0.4) is 0 Å². The van der Waals surface area contributed by atoms with Crippen molar-refractivity contribution in [3.8, 4) is 5.69 Å². The third-order valence-corrected chi connectivity index (χ3v) is 5.17. The minimum Gasteiger partial charge on any atom is -0.452 e. The lowest BCUT2D eigenvalue weighted by atomic mass is 10.2. The Morgan fingerprint density at radius 1 is 1.10 bits per heavy atom. The fourth-order valence-electron chi connectivity index (χ4n) is 3.91. The van der Waals surface area contributed by atoms with Crippen LogP contribution in [0, 0.1) is 6.92 Å². The molecule has 1 aromatic heterocycles. The first kappa shape index (κ1) is 20.1. The molecule has 0 N–H and O–H groups in total. The third kappa shape index (κ3) is 4.07. The third-order valence-electron chi connectivity index (χ3n) is 5.17. The second-order valence-electron chi connectivity index (χ2n) is 7.67. The van der Waals surface area contributed by atoms with Gasteiger partial charge in [-0.2, -0.15) is 0 Å². The van der Waals surface area contributed by atoms with E-state index < -0.39 is 5.97 Å². The minimum atomic E-state index is -0.536. The number of benzene rings is 2. The van der Waals surface area contributed by atoms with Crippen LogP contribution in [0.15, 0.2) is 48.5 Å². The van der Waals surface area contributed by atoms with E-state index in [0.29, 0.717) is 24.2 Å². The summed E-state index contributed by atoms with van der Waals surface area (Å²) < 4.78 is 13.0. The first-order chi connectivity index (χ1) is 14.4. The van der Waals surface area contributed by atoms with Crippen LogP contribution >= 0.6 is 0 Å². The van der Waals surface area contributed by atoms with Gasteiger partial charge in [-0.3, -0.25) is 9.36 Å². The van der Waals surface area contributed by atoms with E-state index >= 15 is 0 Å². The number of amides is 1. The van der Waals surface area contributed by atoms with Crippen molar-refractivity contribution < 1.29 is 19.1 Å². The zero-order valence-electron chi connectivity index (χ0n) is 17.4. The number of hydrogen-bond acceptors (Lipinski definition) is 5. The van der Waals surface area contributed by atoms with E-state index in [2.05, 4.69) is 4.98 Å². The molecule has 0 aliphatic carbocycles. The molecule has 0 saturated carbocycles. The molecule has 156 valence electrons. The molecule has 7 nitrogen and oxygen atoms in total. The van der Waals surface area contributed by atoms with Gasteiger partial charge in [-0.25, -0.2) is 9.78 Å². The highest BCUT2D eigenvalue weighted by atomic mass is 16.5. The van der Waals surface area contributed by atoms with Crippen molar-refractivity contribution in [3.63, 3.8) is 0 Å². The van der Waals surface area contributed by atoms with Gasteiger partial charge in [0, 0.05) is 18.8 Å². The number of hydrogen-bond donors (Lipinski definition) is 0. The fourth-order valence-corrected chi connectivity index (χ4v) is 3.91. The van der Waals surface area contributed by atoms with Gasteiger partial charge in [-0.1, -0.05) is 18.2 Å². The Morgan fingerprint density at radius 3 is 2.50 bits per heavy atom. The van der Waals surface area contributed by atoms with Crippen molar-refractivity contribution in [2.45, 2.75) is 33.0 Å². The van der Waals surface area contributed by atoms with Crippen molar-refractivity contribution in [1.29, 1.82) is 0 Å². The van der Waals surface area contributed by atoms with Crippen LogP contribution in [0.5, 0.6) is 0 Å². The SMILES string of the molecule is Cc1nc2cc(C(=O)OCC(=O)N3CC(C)OC(C)C3)ccc2n1-c1ccccc1. The molecule has 1 amide bonds. The van der Waals surface area contributed by atoms with Crippen LogP contribution in [0.2, 0.25) is 0 Å². The molecule has 2 heterocycles. The minimum absolute atomic E-state index is 0.0289. The van der Waals surface area contributed by atoms with E-state index in [1.165, 1.54) is 0 Å². The Balaban J connectivity index is 1.47. The second-order valence-corrected chi connectivity index (χ2v) is 7.67. The number of ether oxygens (including phenoxy) is 2. The Labute approximate surface area is 175 Å². The van der Waals surface area contributed by atoms with Gasteiger partial charge in [-0.05, 0) is 51.1 Å². The molecule has 2 aromatic carbocycles. The first-order valence-electron chi connectivity index (χ1n) is 10.1. The van der Waals surface area contributed by atoms with Gasteiger partial charge in [-0.15, -0.1) is 0 Å². The quantitative estimate of drug-likeness (QED) is 0.622. The molecular formula is C23H25N3O4. The van der Waals surface area contributed by atoms with Gasteiger partial charge >= 0.3 is 5.97 Å². The van der Waals surface area contributed by atoms with Gasteiger partial charge < -0.3 is 14.4 Å². The van der Waals surface area contributed by atoms with Crippen LogP contribution in [-0.2, 0) is 14.3 Å². The summed E-state index contributed by atoms with van der Waals surface area (Å²) in [6, 6.07) is 15.2. The summed E-state index contributed by atoms with van der Waals surface area (Å²) in [6.45, 7) is 6.50. The zero-order valence-corrected chi connectivity index (χ0v) is 17.4. The smallest absolute Gasteiger partial charge is 0.338 e. The normalized spacial score (nSPS) is 19.1. The average Bonchev–Trinajstić information content (AvgIpc) is 3.06. The predicted octanol–water partition coefficient (Wildman–Crippen LogP) is 3.13. The lowest BCUT2D eigenvalue weighted by Gasteiger charge is -2.35. The maximum Gasteiger partial charge on any atom is 0.338 e. The molecule has 1 aliphatic rings. The van der Waals surface area contributed by atoms with E-state index in [-0.39, 0.29) is 24.7 Å². The van der Waals surface area contributed by atoms with Crippen LogP contribution in [0.1, 0.15) is 30.0 Å². The van der Waals surface area contributed by atoms with Crippen molar-refractivity contribution in [2.75, 3.05) is 19.7 Å². The second kappa shape index (κ2) is 8.28. The Kier molecular flexibility index (Phi) is 5.55. The van der Waals surface area contributed by atoms with Gasteiger partial charge in [0.05, 0.1) is 28.8 Å². The lowest BCUT2D eigenvalue weighted by Crippen LogP contribution is -2.49. The number of morpholine rings is 1. The van der Waals surface area contributed by atoms with Gasteiger partial charge in [0.25, 0.3) is 5.91 Å². The van der Waals surface area contributed by atoms with Crippen molar-refractivity contribution in [2.24, 2.45) is 0 Å². The van der Waals surface area contributed by atoms with Crippen LogP contribution in [0.4, 0.5) is 0 Å². The van der Waals surface area contributed by atoms with E-state index in [0.717, 1.165) is 17.0 Å². The molecule has 0 radical (unpaired) electrons. The molecule has 4 rings (SSSR count). The zero-order chi connectivity index (χ0) is 21.3. The number of fused-ring (bicyclic) bond motifs is 1. The summed E-state index contributed by atoms with van der Waals surface area (Å²) in [5, 5.41) is 0. The molecule has 1 saturated heterocycles. The van der Waals surface area contributed by atoms with Crippen molar-refractivity contribution in [1.82, 2.24) is 14.5 Å². The fraction of sp³-hybridized carbons (Fsp3) is 0.348. The maximum atomic E-state index is 12.5. The average molecular weight is 407 g/mol. The van der Waals surface area contributed by atoms with Crippen LogP contribution in [0.25, 0.3) is 16.7 Å². The van der Waals surface area contributed by atoms with Gasteiger partial charge in [0.2, 0.25) is 0 Å². The number of esters is 1. The molecule has 1 fully saturated rings. The predicted molar refractivity (Wildman–Crippen MR) is 113 cm³/mol. The van der Waals surface area contributed by atoms with E-state index in [1.807, 2.05) is 61.7 Å². The topological polar surface area (TPSA) is 73.7 Å². The number of aryl methyl sites for hydroxylation is 1. The van der Waals surface area contributed by atoms with E-state index in [1.54, 1.807) is 17.0 Å². The van der Waals surface area contributed by atoms with Crippen molar-refractivity contribution in [3.05, 3.63) is 59.9 Å². The van der Waals surface area contributed by atoms with E-state index in [4.69, 9.17) is 9.47 Å². The molecule has 1 aliphatic heterocycles. The Hall–Kier alpha value is -3.19. The number of aromatic nitrogens is 2. The standard InChI is InChI=1S/C23H25N3O4/c1-15-12-25(13-16(2)30-15)22(27)14-29-23(28)18-9-10-21-20(11-18)24-17(3)26(21)19-7-5-4-6-8-19/h4-11,15-16H,12-14H2,1-3H3. The Morgan fingerprint density at radius 2 is 1.80 bits per heavy atom. The van der Waals surface area contributed by atoms with Gasteiger partial charge in [0.1, 0.15) is 5.82 Å². The highest BCUT2D eigenvalue weighted by Gasteiger charge is 2.26. The molecule has 0 bridgehead atoms. The summed E-state index contributed by atoms with van der Waals surface area (Å²) in [5.74, 6) is 0.0783. The monoisotopic (exact) mass is 407 g/mol. The molecule has 30 heavy (non-hydrogen) atoms. The number of imidazole rings is 1. The Bertz CT molecular complexity index is 1070. The van der Waals surface area contributed by atoms with Gasteiger partial charge in [0.15, 0.2) is 6.61 Å². The van der Waals surface area contributed by atoms with Crippen LogP contribution in [-0.4, -0.2) is 58.2 Å². The maximum absolute atomic E-state index is 12.5. The summed E-state index contributed by atoms with van der Waals surface area (Å²) in [7, 11) is 0. The molecular weight excluding hydrogens is 382 g/mol. The lowest BCUT2D eigenvalue weighted by molar-refractivity contribution is -0.146. The number of rotatable bonds is 4. The highest BCUT2D eigenvalue weighted by molar-refractivity contribution is 5.95. The number of nitrogens with zero attached hydrogens (tertiary/aromatic N) is 3. The number of carbonyl (C=O) groups is 2. The molecule has 3 aromatic rings. The number of para-hydroxylation sites is 1. The molecule has 0 spiro atoms. The summed E-state index contributed by atoms with van der Waals surface area (Å²) in [5.41, 5.74) is 2.99. The first-order valence-corrected chi connectivity index (χ1v) is 10.1. The number of carbonyl (C=O) groups excluding carboxylic acids is 2. The summed E-state index contributed by atoms with van der Waals surface area (Å²) in [4.78, 5) is 31.2. The molecule has 2 unspecified atom stereocenters.